The van der Waals surface area contributed by atoms with Gasteiger partial charge in [0.25, 0.3) is 5.91 Å². The number of rotatable bonds is 2. The summed E-state index contributed by atoms with van der Waals surface area (Å²) in [6.45, 7) is 7.61. The highest BCUT2D eigenvalue weighted by Gasteiger charge is 2.39. The number of furan rings is 1. The molecule has 5 nitrogen and oxygen atoms in total. The lowest BCUT2D eigenvalue weighted by molar-refractivity contribution is 0.0785. The van der Waals surface area contributed by atoms with Gasteiger partial charge in [-0.1, -0.05) is 0 Å². The summed E-state index contributed by atoms with van der Waals surface area (Å²) in [5.41, 5.74) is 0.800. The molecular formula is C16H21Cl2N3O2S. The molecule has 1 amide bonds. The number of carbonyl (C=O) groups excluding carboxylic acids is 1. The summed E-state index contributed by atoms with van der Waals surface area (Å²) in [4.78, 5) is 20.1. The maximum absolute atomic E-state index is 12.8. The highest BCUT2D eigenvalue weighted by Crippen LogP contribution is 2.32. The Morgan fingerprint density at radius 1 is 1.25 bits per heavy atom. The van der Waals surface area contributed by atoms with Crippen molar-refractivity contribution in [1.82, 2.24) is 15.2 Å². The monoisotopic (exact) mass is 389 g/mol. The van der Waals surface area contributed by atoms with E-state index < -0.39 is 0 Å². The van der Waals surface area contributed by atoms with E-state index in [9.17, 15) is 4.79 Å². The lowest BCUT2D eigenvalue weighted by Gasteiger charge is -2.16. The molecule has 2 aromatic heterocycles. The maximum atomic E-state index is 12.8. The summed E-state index contributed by atoms with van der Waals surface area (Å²) in [6.07, 6.45) is 0. The SMILES string of the molecule is Cc1ccc(-c2nc(C)c(C(=O)N3C[C@H]4CNC[C@H]4C3)s2)o1.Cl.Cl. The minimum atomic E-state index is 0. The van der Waals surface area contributed by atoms with Gasteiger partial charge >= 0.3 is 0 Å². The Morgan fingerprint density at radius 3 is 2.50 bits per heavy atom. The second-order valence-corrected chi connectivity index (χ2v) is 7.23. The molecule has 4 heterocycles. The number of hydrogen-bond donors (Lipinski definition) is 1. The molecule has 1 N–H and O–H groups in total. The van der Waals surface area contributed by atoms with Gasteiger partial charge in [0, 0.05) is 26.2 Å². The van der Waals surface area contributed by atoms with Crippen molar-refractivity contribution < 1.29 is 9.21 Å². The van der Waals surface area contributed by atoms with Crippen molar-refractivity contribution in [2.45, 2.75) is 13.8 Å². The quantitative estimate of drug-likeness (QED) is 0.856. The molecule has 0 radical (unpaired) electrons. The Hall–Kier alpha value is -1.08. The van der Waals surface area contributed by atoms with E-state index in [4.69, 9.17) is 4.42 Å². The lowest BCUT2D eigenvalue weighted by Crippen LogP contribution is -2.31. The molecule has 2 saturated heterocycles. The van der Waals surface area contributed by atoms with E-state index in [0.29, 0.717) is 11.8 Å². The highest BCUT2D eigenvalue weighted by molar-refractivity contribution is 7.17. The number of aryl methyl sites for hydroxylation is 2. The van der Waals surface area contributed by atoms with Crippen LogP contribution in [0.2, 0.25) is 0 Å². The molecule has 24 heavy (non-hydrogen) atoms. The fourth-order valence-corrected chi connectivity index (χ4v) is 4.41. The summed E-state index contributed by atoms with van der Waals surface area (Å²) in [7, 11) is 0. The zero-order valence-corrected chi connectivity index (χ0v) is 16.0. The van der Waals surface area contributed by atoms with Crippen LogP contribution in [-0.4, -0.2) is 42.0 Å². The third-order valence-electron chi connectivity index (χ3n) is 4.62. The first-order valence-electron chi connectivity index (χ1n) is 7.66. The van der Waals surface area contributed by atoms with E-state index in [2.05, 4.69) is 10.3 Å². The lowest BCUT2D eigenvalue weighted by atomic mass is 10.0. The van der Waals surface area contributed by atoms with Gasteiger partial charge in [-0.2, -0.15) is 0 Å². The van der Waals surface area contributed by atoms with Crippen LogP contribution in [0, 0.1) is 25.7 Å². The number of hydrogen-bond acceptors (Lipinski definition) is 5. The van der Waals surface area contributed by atoms with Crippen molar-refractivity contribution in [2.75, 3.05) is 26.2 Å². The molecule has 132 valence electrons. The van der Waals surface area contributed by atoms with Crippen LogP contribution in [-0.2, 0) is 0 Å². The number of halogens is 2. The van der Waals surface area contributed by atoms with Gasteiger partial charge in [0.05, 0.1) is 5.69 Å². The normalized spacial score (nSPS) is 22.0. The van der Waals surface area contributed by atoms with Crippen LogP contribution in [0.3, 0.4) is 0 Å². The van der Waals surface area contributed by atoms with E-state index in [1.54, 1.807) is 0 Å². The fraction of sp³-hybridized carbons (Fsp3) is 0.500. The number of aromatic nitrogens is 1. The van der Waals surface area contributed by atoms with Crippen molar-refractivity contribution in [3.8, 4) is 10.8 Å². The fourth-order valence-electron chi connectivity index (χ4n) is 3.41. The van der Waals surface area contributed by atoms with E-state index in [-0.39, 0.29) is 30.7 Å². The van der Waals surface area contributed by atoms with Crippen LogP contribution in [0.15, 0.2) is 16.5 Å². The van der Waals surface area contributed by atoms with Gasteiger partial charge in [0.1, 0.15) is 10.6 Å². The standard InChI is InChI=1S/C16H19N3O2S.2ClH/c1-9-3-4-13(21-9)15-18-10(2)14(22-15)16(20)19-7-11-5-17-6-12(11)8-19;;/h3-4,11-12,17H,5-8H2,1-2H3;2*1H/t11-,12+;;. The molecule has 0 spiro atoms. The molecule has 8 heteroatoms. The summed E-state index contributed by atoms with van der Waals surface area (Å²) in [5.74, 6) is 2.95. The molecule has 2 aromatic rings. The van der Waals surface area contributed by atoms with Gasteiger partial charge in [-0.3, -0.25) is 4.79 Å². The molecule has 0 bridgehead atoms. The van der Waals surface area contributed by atoms with E-state index >= 15 is 0 Å². The predicted molar refractivity (Wildman–Crippen MR) is 99.5 cm³/mol. The van der Waals surface area contributed by atoms with Crippen molar-refractivity contribution in [1.29, 1.82) is 0 Å². The molecule has 2 fully saturated rings. The number of amides is 1. The third-order valence-corrected chi connectivity index (χ3v) is 5.78. The number of fused-ring (bicyclic) bond motifs is 1. The van der Waals surface area contributed by atoms with Gasteiger partial charge in [-0.15, -0.1) is 36.2 Å². The number of nitrogens with zero attached hydrogens (tertiary/aromatic N) is 2. The molecular weight excluding hydrogens is 369 g/mol. The highest BCUT2D eigenvalue weighted by atomic mass is 35.5. The second-order valence-electron chi connectivity index (χ2n) is 6.23. The van der Waals surface area contributed by atoms with Crippen LogP contribution >= 0.6 is 36.2 Å². The van der Waals surface area contributed by atoms with Crippen molar-refractivity contribution in [3.05, 3.63) is 28.5 Å². The number of thiazole rings is 1. The van der Waals surface area contributed by atoms with Gasteiger partial charge in [-0.05, 0) is 37.8 Å². The first-order valence-corrected chi connectivity index (χ1v) is 8.47. The Balaban J connectivity index is 0.00000104. The van der Waals surface area contributed by atoms with Crippen LogP contribution < -0.4 is 5.32 Å². The zero-order chi connectivity index (χ0) is 15.3. The Morgan fingerprint density at radius 2 is 1.92 bits per heavy atom. The average Bonchev–Trinajstić information content (AvgIpc) is 3.19. The molecule has 4 rings (SSSR count). The molecule has 2 aliphatic rings. The smallest absolute Gasteiger partial charge is 0.265 e. The summed E-state index contributed by atoms with van der Waals surface area (Å²) in [6, 6.07) is 3.83. The van der Waals surface area contributed by atoms with Gasteiger partial charge in [-0.25, -0.2) is 4.98 Å². The van der Waals surface area contributed by atoms with Gasteiger partial charge < -0.3 is 14.6 Å². The molecule has 2 atom stereocenters. The predicted octanol–water partition coefficient (Wildman–Crippen LogP) is 3.15. The van der Waals surface area contributed by atoms with Gasteiger partial charge in [0.2, 0.25) is 0 Å². The van der Waals surface area contributed by atoms with Crippen LogP contribution in [0.5, 0.6) is 0 Å². The maximum Gasteiger partial charge on any atom is 0.265 e. The minimum Gasteiger partial charge on any atom is -0.459 e. The Kier molecular flexibility index (Phi) is 5.96. The van der Waals surface area contributed by atoms with Crippen LogP contribution in [0.1, 0.15) is 21.1 Å². The molecule has 2 aliphatic heterocycles. The van der Waals surface area contributed by atoms with E-state index in [1.807, 2.05) is 30.9 Å². The topological polar surface area (TPSA) is 58.4 Å². The zero-order valence-electron chi connectivity index (χ0n) is 13.6. The minimum absolute atomic E-state index is 0. The molecule has 0 saturated carbocycles. The first-order chi connectivity index (χ1) is 10.6. The second kappa shape index (κ2) is 7.44. The first kappa shape index (κ1) is 19.2. The van der Waals surface area contributed by atoms with Crippen molar-refractivity contribution >= 4 is 42.1 Å². The molecule has 0 aliphatic carbocycles. The van der Waals surface area contributed by atoms with Crippen LogP contribution in [0.25, 0.3) is 10.8 Å². The van der Waals surface area contributed by atoms with E-state index in [1.165, 1.54) is 11.3 Å². The summed E-state index contributed by atoms with van der Waals surface area (Å²) in [5, 5.41) is 4.19. The van der Waals surface area contributed by atoms with Crippen LogP contribution in [0.4, 0.5) is 0 Å². The third kappa shape index (κ3) is 3.33. The number of likely N-dealkylation sites (tertiary alicyclic amines) is 1. The van der Waals surface area contributed by atoms with E-state index in [0.717, 1.165) is 53.3 Å². The molecule has 0 unspecified atom stereocenters. The average molecular weight is 390 g/mol. The Bertz CT molecular complexity index is 719. The summed E-state index contributed by atoms with van der Waals surface area (Å²) < 4.78 is 5.62. The van der Waals surface area contributed by atoms with Crippen molar-refractivity contribution in [2.24, 2.45) is 11.8 Å². The van der Waals surface area contributed by atoms with Gasteiger partial charge in [0.15, 0.2) is 10.8 Å². The van der Waals surface area contributed by atoms with Crippen molar-refractivity contribution in [3.63, 3.8) is 0 Å². The number of carbonyl (C=O) groups is 1. The number of nitrogens with one attached hydrogen (secondary N) is 1. The Labute approximate surface area is 157 Å². The summed E-state index contributed by atoms with van der Waals surface area (Å²) >= 11 is 1.44. The largest absolute Gasteiger partial charge is 0.459 e. The molecule has 0 aromatic carbocycles.